The first-order valence-electron chi connectivity index (χ1n) is 5.08. The third-order valence-electron chi connectivity index (χ3n) is 2.23. The zero-order chi connectivity index (χ0) is 11.5. The smallest absolute Gasteiger partial charge is 0.243 e. The van der Waals surface area contributed by atoms with E-state index in [1.807, 2.05) is 6.92 Å². The van der Waals surface area contributed by atoms with Crippen molar-refractivity contribution in [2.75, 3.05) is 11.9 Å². The number of nitrogens with zero attached hydrogens (tertiary/aromatic N) is 3. The predicted octanol–water partition coefficient (Wildman–Crippen LogP) is 1.05. The van der Waals surface area contributed by atoms with Crippen molar-refractivity contribution >= 4 is 11.6 Å². The van der Waals surface area contributed by atoms with Gasteiger partial charge in [-0.3, -0.25) is 0 Å². The number of halogens is 1. The summed E-state index contributed by atoms with van der Waals surface area (Å²) in [6, 6.07) is 2.97. The summed E-state index contributed by atoms with van der Waals surface area (Å²) < 4.78 is 14.3. The summed E-state index contributed by atoms with van der Waals surface area (Å²) in [5, 5.41) is 15.9. The second-order valence-electron chi connectivity index (χ2n) is 3.64. The summed E-state index contributed by atoms with van der Waals surface area (Å²) in [5.41, 5.74) is 0.583. The number of pyridine rings is 1. The van der Waals surface area contributed by atoms with Gasteiger partial charge in [-0.25, -0.2) is 8.91 Å². The molecule has 0 amide bonds. The lowest BCUT2D eigenvalue weighted by Crippen LogP contribution is -2.17. The van der Waals surface area contributed by atoms with Crippen molar-refractivity contribution in [2.24, 2.45) is 0 Å². The van der Waals surface area contributed by atoms with E-state index in [9.17, 15) is 4.39 Å². The molecule has 2 aromatic heterocycles. The van der Waals surface area contributed by atoms with Crippen molar-refractivity contribution in [3.05, 3.63) is 24.1 Å². The Morgan fingerprint density at radius 3 is 3.12 bits per heavy atom. The van der Waals surface area contributed by atoms with Gasteiger partial charge in [0, 0.05) is 12.6 Å². The van der Waals surface area contributed by atoms with Crippen LogP contribution in [0.3, 0.4) is 0 Å². The summed E-state index contributed by atoms with van der Waals surface area (Å²) in [6.07, 6.45) is 1.88. The number of nitrogens with one attached hydrogen (secondary N) is 1. The van der Waals surface area contributed by atoms with E-state index in [4.69, 9.17) is 5.11 Å². The zero-order valence-corrected chi connectivity index (χ0v) is 8.89. The highest BCUT2D eigenvalue weighted by Gasteiger charge is 2.07. The molecule has 0 bridgehead atoms. The van der Waals surface area contributed by atoms with Crippen LogP contribution in [-0.4, -0.2) is 32.4 Å². The van der Waals surface area contributed by atoms with Crippen LogP contribution in [0.5, 0.6) is 0 Å². The van der Waals surface area contributed by atoms with Gasteiger partial charge < -0.3 is 10.4 Å². The van der Waals surface area contributed by atoms with E-state index in [1.165, 1.54) is 16.8 Å². The highest BCUT2D eigenvalue weighted by molar-refractivity contribution is 5.43. The molecule has 0 saturated carbocycles. The number of aromatic nitrogens is 3. The van der Waals surface area contributed by atoms with Gasteiger partial charge in [-0.15, -0.1) is 5.10 Å². The first kappa shape index (κ1) is 10.8. The minimum Gasteiger partial charge on any atom is -0.396 e. The number of rotatable bonds is 4. The average molecular weight is 224 g/mol. The summed E-state index contributed by atoms with van der Waals surface area (Å²) in [4.78, 5) is 4.17. The molecular formula is C10H13FN4O. The normalized spacial score (nSPS) is 12.9. The fourth-order valence-corrected chi connectivity index (χ4v) is 1.41. The van der Waals surface area contributed by atoms with E-state index in [2.05, 4.69) is 15.4 Å². The van der Waals surface area contributed by atoms with Crippen LogP contribution in [0, 0.1) is 5.82 Å². The second-order valence-corrected chi connectivity index (χ2v) is 3.64. The van der Waals surface area contributed by atoms with Crippen LogP contribution < -0.4 is 5.32 Å². The van der Waals surface area contributed by atoms with E-state index < -0.39 is 0 Å². The van der Waals surface area contributed by atoms with Gasteiger partial charge in [0.2, 0.25) is 5.95 Å². The lowest BCUT2D eigenvalue weighted by molar-refractivity contribution is 0.282. The Morgan fingerprint density at radius 2 is 2.38 bits per heavy atom. The summed E-state index contributed by atoms with van der Waals surface area (Å²) >= 11 is 0. The number of anilines is 1. The van der Waals surface area contributed by atoms with Crippen LogP contribution >= 0.6 is 0 Å². The van der Waals surface area contributed by atoms with Crippen LogP contribution in [0.4, 0.5) is 10.3 Å². The standard InChI is InChI=1S/C10H13FN4O/c1-7(4-5-16)12-10-13-9-3-2-8(11)6-15(9)14-10/h2-3,6-7,16H,4-5H2,1H3,(H,12,14). The van der Waals surface area contributed by atoms with Crippen LogP contribution in [-0.2, 0) is 0 Å². The third-order valence-corrected chi connectivity index (χ3v) is 2.23. The maximum atomic E-state index is 12.9. The first-order chi connectivity index (χ1) is 7.69. The molecule has 1 atom stereocenters. The highest BCUT2D eigenvalue weighted by atomic mass is 19.1. The molecule has 0 saturated heterocycles. The highest BCUT2D eigenvalue weighted by Crippen LogP contribution is 2.08. The van der Waals surface area contributed by atoms with Gasteiger partial charge in [-0.2, -0.15) is 4.98 Å². The fourth-order valence-electron chi connectivity index (χ4n) is 1.41. The molecule has 2 heterocycles. The van der Waals surface area contributed by atoms with Crippen molar-refractivity contribution in [2.45, 2.75) is 19.4 Å². The Bertz CT molecular complexity index is 485. The minimum atomic E-state index is -0.354. The topological polar surface area (TPSA) is 62.5 Å². The van der Waals surface area contributed by atoms with Gasteiger partial charge in [-0.05, 0) is 25.5 Å². The maximum absolute atomic E-state index is 12.9. The summed E-state index contributed by atoms with van der Waals surface area (Å²) in [6.45, 7) is 2.03. The molecule has 0 aliphatic heterocycles. The maximum Gasteiger partial charge on any atom is 0.243 e. The van der Waals surface area contributed by atoms with Gasteiger partial charge in [-0.1, -0.05) is 0 Å². The molecule has 6 heteroatoms. The Balaban J connectivity index is 2.19. The van der Waals surface area contributed by atoms with Crippen LogP contribution in [0.15, 0.2) is 18.3 Å². The van der Waals surface area contributed by atoms with E-state index in [1.54, 1.807) is 6.07 Å². The molecule has 0 spiro atoms. The number of fused-ring (bicyclic) bond motifs is 1. The molecule has 0 fully saturated rings. The molecule has 0 aliphatic carbocycles. The second kappa shape index (κ2) is 4.44. The number of aliphatic hydroxyl groups excluding tert-OH is 1. The number of hydrogen-bond donors (Lipinski definition) is 2. The van der Waals surface area contributed by atoms with E-state index in [0.717, 1.165) is 0 Å². The SMILES string of the molecule is CC(CCO)Nc1nc2ccc(F)cn2n1. The molecule has 0 radical (unpaired) electrons. The van der Waals surface area contributed by atoms with Crippen LogP contribution in [0.25, 0.3) is 5.65 Å². The Hall–Kier alpha value is -1.69. The summed E-state index contributed by atoms with van der Waals surface area (Å²) in [5.74, 6) is 0.0823. The quantitative estimate of drug-likeness (QED) is 0.814. The van der Waals surface area contributed by atoms with Crippen molar-refractivity contribution < 1.29 is 9.50 Å². The monoisotopic (exact) mass is 224 g/mol. The lowest BCUT2D eigenvalue weighted by atomic mass is 10.2. The molecular weight excluding hydrogens is 211 g/mol. The summed E-state index contributed by atoms with van der Waals surface area (Å²) in [7, 11) is 0. The van der Waals surface area contributed by atoms with Gasteiger partial charge in [0.15, 0.2) is 5.65 Å². The molecule has 2 rings (SSSR count). The zero-order valence-electron chi connectivity index (χ0n) is 8.89. The number of hydrogen-bond acceptors (Lipinski definition) is 4. The Kier molecular flexibility index (Phi) is 3.00. The van der Waals surface area contributed by atoms with Crippen LogP contribution in [0.2, 0.25) is 0 Å². The largest absolute Gasteiger partial charge is 0.396 e. The van der Waals surface area contributed by atoms with Crippen LogP contribution in [0.1, 0.15) is 13.3 Å². The minimum absolute atomic E-state index is 0.0762. The fraction of sp³-hybridized carbons (Fsp3) is 0.400. The van der Waals surface area contributed by atoms with E-state index in [0.29, 0.717) is 18.0 Å². The molecule has 2 aromatic rings. The van der Waals surface area contributed by atoms with Crippen molar-refractivity contribution in [3.63, 3.8) is 0 Å². The molecule has 0 aromatic carbocycles. The van der Waals surface area contributed by atoms with Crippen molar-refractivity contribution in [1.82, 2.24) is 14.6 Å². The Labute approximate surface area is 91.9 Å². The first-order valence-corrected chi connectivity index (χ1v) is 5.08. The van der Waals surface area contributed by atoms with Crippen molar-refractivity contribution in [3.8, 4) is 0 Å². The lowest BCUT2D eigenvalue weighted by Gasteiger charge is -2.09. The van der Waals surface area contributed by atoms with Gasteiger partial charge in [0.1, 0.15) is 5.82 Å². The average Bonchev–Trinajstić information content (AvgIpc) is 2.59. The Morgan fingerprint density at radius 1 is 1.56 bits per heavy atom. The van der Waals surface area contributed by atoms with Gasteiger partial charge in [0.25, 0.3) is 0 Å². The molecule has 1 unspecified atom stereocenters. The molecule has 86 valence electrons. The molecule has 0 aliphatic rings. The molecule has 2 N–H and O–H groups in total. The van der Waals surface area contributed by atoms with Gasteiger partial charge in [0.05, 0.1) is 6.20 Å². The van der Waals surface area contributed by atoms with Gasteiger partial charge >= 0.3 is 0 Å². The predicted molar refractivity (Wildman–Crippen MR) is 57.7 cm³/mol. The third kappa shape index (κ3) is 2.27. The van der Waals surface area contributed by atoms with E-state index in [-0.39, 0.29) is 18.5 Å². The molecule has 16 heavy (non-hydrogen) atoms. The van der Waals surface area contributed by atoms with Crippen molar-refractivity contribution in [1.29, 1.82) is 0 Å². The van der Waals surface area contributed by atoms with E-state index >= 15 is 0 Å². The number of aliphatic hydroxyl groups is 1. The molecule has 5 nitrogen and oxygen atoms in total.